The Balaban J connectivity index is 1.94. The smallest absolute Gasteiger partial charge is 0.275 e. The fraction of sp³-hybridized carbons (Fsp3) is 0.182. The van der Waals surface area contributed by atoms with Crippen LogP contribution in [0.4, 0.5) is 0 Å². The molecule has 0 saturated heterocycles. The number of aryl methyl sites for hydroxylation is 2. The van der Waals surface area contributed by atoms with Crippen molar-refractivity contribution in [3.63, 3.8) is 0 Å². The van der Waals surface area contributed by atoms with Crippen molar-refractivity contribution in [2.45, 2.75) is 26.6 Å². The highest BCUT2D eigenvalue weighted by Gasteiger charge is 2.31. The Labute approximate surface area is 143 Å². The number of benzene rings is 3. The van der Waals surface area contributed by atoms with Gasteiger partial charge in [-0.3, -0.25) is 0 Å². The van der Waals surface area contributed by atoms with E-state index in [4.69, 9.17) is 9.47 Å². The molecule has 0 fully saturated rings. The van der Waals surface area contributed by atoms with Gasteiger partial charge in [0.25, 0.3) is 5.79 Å². The minimum absolute atomic E-state index is 0.777. The van der Waals surface area contributed by atoms with Gasteiger partial charge in [0.05, 0.1) is 0 Å². The van der Waals surface area contributed by atoms with Gasteiger partial charge in [0.15, 0.2) is 0 Å². The minimum Gasteiger partial charge on any atom is -0.448 e. The molecule has 0 heterocycles. The summed E-state index contributed by atoms with van der Waals surface area (Å²) < 4.78 is 12.5. The molecule has 0 spiro atoms. The summed E-state index contributed by atoms with van der Waals surface area (Å²) in [6.45, 7) is 6.06. The first kappa shape index (κ1) is 16.1. The highest BCUT2D eigenvalue weighted by atomic mass is 16.7. The standard InChI is InChI=1S/C22H22O2/c1-17-9-13-20(14-10-17)23-22(3,19-7-5-4-6-8-19)24-21-15-11-18(2)12-16-21/h4-16H,1-3H3. The maximum atomic E-state index is 6.25. The average molecular weight is 318 g/mol. The summed E-state index contributed by atoms with van der Waals surface area (Å²) in [6.07, 6.45) is 0. The van der Waals surface area contributed by atoms with E-state index in [1.165, 1.54) is 11.1 Å². The largest absolute Gasteiger partial charge is 0.448 e. The molecule has 122 valence electrons. The van der Waals surface area contributed by atoms with Gasteiger partial charge in [-0.2, -0.15) is 0 Å². The molecule has 0 aliphatic rings. The molecule has 0 unspecified atom stereocenters. The summed E-state index contributed by atoms with van der Waals surface area (Å²) in [4.78, 5) is 0. The summed E-state index contributed by atoms with van der Waals surface area (Å²) >= 11 is 0. The maximum absolute atomic E-state index is 6.25. The molecule has 0 saturated carbocycles. The lowest BCUT2D eigenvalue weighted by Crippen LogP contribution is -2.36. The van der Waals surface area contributed by atoms with E-state index in [1.54, 1.807) is 0 Å². The van der Waals surface area contributed by atoms with Crippen LogP contribution in [0.1, 0.15) is 23.6 Å². The maximum Gasteiger partial charge on any atom is 0.275 e. The van der Waals surface area contributed by atoms with Crippen molar-refractivity contribution >= 4 is 0 Å². The van der Waals surface area contributed by atoms with Crippen molar-refractivity contribution in [3.05, 3.63) is 95.6 Å². The van der Waals surface area contributed by atoms with Crippen molar-refractivity contribution in [3.8, 4) is 11.5 Å². The van der Waals surface area contributed by atoms with Gasteiger partial charge in [0, 0.05) is 12.5 Å². The van der Waals surface area contributed by atoms with Crippen LogP contribution in [0.2, 0.25) is 0 Å². The van der Waals surface area contributed by atoms with Crippen molar-refractivity contribution < 1.29 is 9.47 Å². The summed E-state index contributed by atoms with van der Waals surface area (Å²) in [5.41, 5.74) is 3.36. The van der Waals surface area contributed by atoms with Crippen LogP contribution in [0, 0.1) is 13.8 Å². The summed E-state index contributed by atoms with van der Waals surface area (Å²) in [5.74, 6) is 0.643. The summed E-state index contributed by atoms with van der Waals surface area (Å²) in [6, 6.07) is 26.0. The zero-order chi connectivity index (χ0) is 17.0. The molecule has 2 heteroatoms. The number of ether oxygens (including phenoxy) is 2. The number of hydrogen-bond donors (Lipinski definition) is 0. The zero-order valence-corrected chi connectivity index (χ0v) is 14.3. The Bertz CT molecular complexity index is 727. The van der Waals surface area contributed by atoms with Crippen LogP contribution < -0.4 is 9.47 Å². The minimum atomic E-state index is -0.911. The van der Waals surface area contributed by atoms with Gasteiger partial charge >= 0.3 is 0 Å². The highest BCUT2D eigenvalue weighted by molar-refractivity contribution is 5.31. The molecular formula is C22H22O2. The fourth-order valence-electron chi connectivity index (χ4n) is 2.54. The molecular weight excluding hydrogens is 296 g/mol. The van der Waals surface area contributed by atoms with E-state index in [9.17, 15) is 0 Å². The lowest BCUT2D eigenvalue weighted by molar-refractivity contribution is -0.105. The highest BCUT2D eigenvalue weighted by Crippen LogP contribution is 2.31. The van der Waals surface area contributed by atoms with Gasteiger partial charge in [-0.15, -0.1) is 0 Å². The van der Waals surface area contributed by atoms with Gasteiger partial charge in [0.1, 0.15) is 11.5 Å². The molecule has 3 aromatic rings. The van der Waals surface area contributed by atoms with E-state index >= 15 is 0 Å². The number of rotatable bonds is 5. The van der Waals surface area contributed by atoms with E-state index in [2.05, 4.69) is 13.8 Å². The second kappa shape index (κ2) is 6.79. The van der Waals surface area contributed by atoms with Crippen molar-refractivity contribution in [2.24, 2.45) is 0 Å². The zero-order valence-electron chi connectivity index (χ0n) is 14.3. The van der Waals surface area contributed by atoms with Crippen molar-refractivity contribution in [2.75, 3.05) is 0 Å². The van der Waals surface area contributed by atoms with E-state index in [0.717, 1.165) is 17.1 Å². The monoisotopic (exact) mass is 318 g/mol. The average Bonchev–Trinajstić information content (AvgIpc) is 2.60. The second-order valence-corrected chi connectivity index (χ2v) is 6.14. The van der Waals surface area contributed by atoms with Crippen LogP contribution in [0.5, 0.6) is 11.5 Å². The predicted molar refractivity (Wildman–Crippen MR) is 97.4 cm³/mol. The quantitative estimate of drug-likeness (QED) is 0.567. The number of hydrogen-bond acceptors (Lipinski definition) is 2. The Morgan fingerprint density at radius 2 is 1.00 bits per heavy atom. The Morgan fingerprint density at radius 1 is 0.583 bits per heavy atom. The molecule has 3 aromatic carbocycles. The Kier molecular flexibility index (Phi) is 4.57. The molecule has 0 aliphatic heterocycles. The third kappa shape index (κ3) is 3.77. The molecule has 24 heavy (non-hydrogen) atoms. The van der Waals surface area contributed by atoms with Crippen molar-refractivity contribution in [1.29, 1.82) is 0 Å². The summed E-state index contributed by atoms with van der Waals surface area (Å²) in [7, 11) is 0. The van der Waals surface area contributed by atoms with Crippen molar-refractivity contribution in [1.82, 2.24) is 0 Å². The molecule has 0 radical (unpaired) electrons. The molecule has 0 aliphatic carbocycles. The van der Waals surface area contributed by atoms with Gasteiger partial charge in [-0.25, -0.2) is 0 Å². The third-order valence-corrected chi connectivity index (χ3v) is 3.97. The van der Waals surface area contributed by atoms with Crippen LogP contribution in [0.3, 0.4) is 0 Å². The lowest BCUT2D eigenvalue weighted by atomic mass is 10.1. The third-order valence-electron chi connectivity index (χ3n) is 3.97. The molecule has 0 N–H and O–H groups in total. The molecule has 0 bridgehead atoms. The normalized spacial score (nSPS) is 11.1. The fourth-order valence-corrected chi connectivity index (χ4v) is 2.54. The lowest BCUT2D eigenvalue weighted by Gasteiger charge is -2.32. The molecule has 0 atom stereocenters. The van der Waals surface area contributed by atoms with E-state index in [1.807, 2.05) is 85.8 Å². The van der Waals surface area contributed by atoms with Crippen LogP contribution >= 0.6 is 0 Å². The molecule has 2 nitrogen and oxygen atoms in total. The predicted octanol–water partition coefficient (Wildman–Crippen LogP) is 5.63. The Morgan fingerprint density at radius 3 is 1.42 bits per heavy atom. The van der Waals surface area contributed by atoms with Crippen LogP contribution in [0.25, 0.3) is 0 Å². The van der Waals surface area contributed by atoms with Crippen LogP contribution in [-0.4, -0.2) is 0 Å². The second-order valence-electron chi connectivity index (χ2n) is 6.14. The van der Waals surface area contributed by atoms with Gasteiger partial charge in [0.2, 0.25) is 0 Å². The first-order chi connectivity index (χ1) is 11.5. The first-order valence-electron chi connectivity index (χ1n) is 8.12. The first-order valence-corrected chi connectivity index (χ1v) is 8.12. The van der Waals surface area contributed by atoms with E-state index < -0.39 is 5.79 Å². The molecule has 0 aromatic heterocycles. The topological polar surface area (TPSA) is 18.5 Å². The molecule has 0 amide bonds. The molecule has 3 rings (SSSR count). The van der Waals surface area contributed by atoms with E-state index in [-0.39, 0.29) is 0 Å². The van der Waals surface area contributed by atoms with Gasteiger partial charge in [-0.05, 0) is 38.1 Å². The van der Waals surface area contributed by atoms with Gasteiger partial charge < -0.3 is 9.47 Å². The summed E-state index contributed by atoms with van der Waals surface area (Å²) in [5, 5.41) is 0. The van der Waals surface area contributed by atoms with E-state index in [0.29, 0.717) is 0 Å². The van der Waals surface area contributed by atoms with Crippen LogP contribution in [0.15, 0.2) is 78.9 Å². The SMILES string of the molecule is Cc1ccc(OC(C)(Oc2ccc(C)cc2)c2ccccc2)cc1. The van der Waals surface area contributed by atoms with Crippen LogP contribution in [-0.2, 0) is 5.79 Å². The Hall–Kier alpha value is -2.74. The van der Waals surface area contributed by atoms with Gasteiger partial charge in [-0.1, -0.05) is 65.7 Å².